The summed E-state index contributed by atoms with van der Waals surface area (Å²) in [7, 11) is 0. The van der Waals surface area contributed by atoms with Crippen molar-refractivity contribution in [1.29, 1.82) is 0 Å². The lowest BCUT2D eigenvalue weighted by Crippen LogP contribution is -2.23. The van der Waals surface area contributed by atoms with Crippen LogP contribution in [0.25, 0.3) is 5.69 Å². The number of aromatic nitrogens is 1. The first-order valence-electron chi connectivity index (χ1n) is 10.7. The molecule has 1 aromatic heterocycles. The molecular weight excluding hydrogens is 395 g/mol. The van der Waals surface area contributed by atoms with Crippen molar-refractivity contribution in [2.75, 3.05) is 26.2 Å². The van der Waals surface area contributed by atoms with E-state index in [1.165, 1.54) is 44.1 Å². The highest BCUT2D eigenvalue weighted by atomic mass is 19.1. The molecule has 0 atom stereocenters. The SMILES string of the molecule is O=c1cc(OCc2ccc(F)cc2)ccn1-c1ccc(COCCN2CCCC2)cc1. The minimum absolute atomic E-state index is 0.175. The van der Waals surface area contributed by atoms with Gasteiger partial charge in [-0.1, -0.05) is 24.3 Å². The van der Waals surface area contributed by atoms with E-state index in [1.54, 1.807) is 29.0 Å². The smallest absolute Gasteiger partial charge is 0.258 e. The average Bonchev–Trinajstić information content (AvgIpc) is 3.31. The maximum absolute atomic E-state index is 13.0. The highest BCUT2D eigenvalue weighted by molar-refractivity contribution is 5.36. The fraction of sp³-hybridized carbons (Fsp3) is 0.320. The minimum atomic E-state index is -0.286. The Morgan fingerprint density at radius 1 is 0.871 bits per heavy atom. The van der Waals surface area contributed by atoms with Gasteiger partial charge in [-0.2, -0.15) is 0 Å². The second-order valence-electron chi connectivity index (χ2n) is 7.75. The van der Waals surface area contributed by atoms with Crippen molar-refractivity contribution < 1.29 is 13.9 Å². The topological polar surface area (TPSA) is 43.7 Å². The van der Waals surface area contributed by atoms with Gasteiger partial charge in [0.05, 0.1) is 13.2 Å². The first-order chi connectivity index (χ1) is 15.2. The van der Waals surface area contributed by atoms with Crippen molar-refractivity contribution in [3.63, 3.8) is 0 Å². The summed E-state index contributed by atoms with van der Waals surface area (Å²) in [6.07, 6.45) is 4.29. The molecule has 4 rings (SSSR count). The van der Waals surface area contributed by atoms with Gasteiger partial charge in [0.25, 0.3) is 5.56 Å². The number of nitrogens with zero attached hydrogens (tertiary/aromatic N) is 2. The van der Waals surface area contributed by atoms with Crippen LogP contribution in [0.3, 0.4) is 0 Å². The lowest BCUT2D eigenvalue weighted by molar-refractivity contribution is 0.0992. The maximum atomic E-state index is 13.0. The Kier molecular flexibility index (Phi) is 7.12. The molecule has 31 heavy (non-hydrogen) atoms. The van der Waals surface area contributed by atoms with Gasteiger partial charge in [0.15, 0.2) is 0 Å². The van der Waals surface area contributed by atoms with Crippen LogP contribution in [0.4, 0.5) is 4.39 Å². The van der Waals surface area contributed by atoms with Crippen LogP contribution in [0.2, 0.25) is 0 Å². The summed E-state index contributed by atoms with van der Waals surface area (Å²) < 4.78 is 26.0. The molecule has 1 aliphatic heterocycles. The predicted octanol–water partition coefficient (Wildman–Crippen LogP) is 4.17. The highest BCUT2D eigenvalue weighted by Crippen LogP contribution is 2.14. The van der Waals surface area contributed by atoms with Crippen LogP contribution in [0, 0.1) is 5.82 Å². The van der Waals surface area contributed by atoms with Crippen molar-refractivity contribution in [3.8, 4) is 11.4 Å². The first kappa shape index (κ1) is 21.3. The van der Waals surface area contributed by atoms with Gasteiger partial charge in [0.1, 0.15) is 18.2 Å². The standard InChI is InChI=1S/C25H27FN2O3/c26-22-7-3-21(4-8-22)19-31-24-11-14-28(25(29)17-24)23-9-5-20(6-10-23)18-30-16-15-27-12-1-2-13-27/h3-11,14,17H,1-2,12-13,15-16,18-19H2. The average molecular weight is 423 g/mol. The van der Waals surface area contributed by atoms with Gasteiger partial charge in [0, 0.05) is 24.5 Å². The fourth-order valence-corrected chi connectivity index (χ4v) is 3.65. The monoisotopic (exact) mass is 422 g/mol. The molecule has 162 valence electrons. The number of likely N-dealkylation sites (tertiary alicyclic amines) is 1. The number of hydrogen-bond acceptors (Lipinski definition) is 4. The van der Waals surface area contributed by atoms with Crippen molar-refractivity contribution in [1.82, 2.24) is 9.47 Å². The molecule has 0 radical (unpaired) electrons. The van der Waals surface area contributed by atoms with Crippen molar-refractivity contribution in [2.45, 2.75) is 26.1 Å². The molecule has 6 heteroatoms. The Morgan fingerprint density at radius 3 is 2.26 bits per heavy atom. The molecule has 0 aliphatic carbocycles. The third-order valence-electron chi connectivity index (χ3n) is 5.44. The van der Waals surface area contributed by atoms with E-state index in [9.17, 15) is 9.18 Å². The molecule has 2 heterocycles. The maximum Gasteiger partial charge on any atom is 0.258 e. The van der Waals surface area contributed by atoms with Gasteiger partial charge in [-0.3, -0.25) is 9.36 Å². The summed E-state index contributed by atoms with van der Waals surface area (Å²) in [5.74, 6) is 0.194. The third kappa shape index (κ3) is 6.03. The lowest BCUT2D eigenvalue weighted by Gasteiger charge is -2.14. The van der Waals surface area contributed by atoms with E-state index in [2.05, 4.69) is 4.90 Å². The number of benzene rings is 2. The number of rotatable bonds is 9. The van der Waals surface area contributed by atoms with E-state index in [0.717, 1.165) is 30.0 Å². The molecule has 2 aromatic carbocycles. The first-order valence-corrected chi connectivity index (χ1v) is 10.7. The van der Waals surface area contributed by atoms with Gasteiger partial charge in [0.2, 0.25) is 0 Å². The molecule has 5 nitrogen and oxygen atoms in total. The molecule has 0 spiro atoms. The molecule has 1 aliphatic rings. The largest absolute Gasteiger partial charge is 0.489 e. The molecule has 0 unspecified atom stereocenters. The normalized spacial score (nSPS) is 14.1. The van der Waals surface area contributed by atoms with E-state index in [-0.39, 0.29) is 18.0 Å². The van der Waals surface area contributed by atoms with Crippen LogP contribution in [0.5, 0.6) is 5.75 Å². The van der Waals surface area contributed by atoms with Crippen LogP contribution in [-0.2, 0) is 18.0 Å². The third-order valence-corrected chi connectivity index (χ3v) is 5.44. The van der Waals surface area contributed by atoms with Gasteiger partial charge >= 0.3 is 0 Å². The second kappa shape index (κ2) is 10.4. The second-order valence-corrected chi connectivity index (χ2v) is 7.75. The molecule has 3 aromatic rings. The zero-order valence-corrected chi connectivity index (χ0v) is 17.5. The fourth-order valence-electron chi connectivity index (χ4n) is 3.65. The zero-order chi connectivity index (χ0) is 21.5. The molecule has 0 amide bonds. The van der Waals surface area contributed by atoms with Crippen LogP contribution in [0.15, 0.2) is 71.7 Å². The number of halogens is 1. The van der Waals surface area contributed by atoms with Crippen molar-refractivity contribution in [3.05, 3.63) is 94.2 Å². The van der Waals surface area contributed by atoms with Crippen molar-refractivity contribution in [2.24, 2.45) is 0 Å². The molecular formula is C25H27FN2O3. The summed E-state index contributed by atoms with van der Waals surface area (Å²) >= 11 is 0. The Morgan fingerprint density at radius 2 is 1.55 bits per heavy atom. The Balaban J connectivity index is 1.30. The lowest BCUT2D eigenvalue weighted by atomic mass is 10.2. The molecule has 1 fully saturated rings. The number of hydrogen-bond donors (Lipinski definition) is 0. The number of pyridine rings is 1. The van der Waals surface area contributed by atoms with Gasteiger partial charge in [-0.25, -0.2) is 4.39 Å². The van der Waals surface area contributed by atoms with E-state index in [1.807, 2.05) is 24.3 Å². The van der Waals surface area contributed by atoms with Crippen molar-refractivity contribution >= 4 is 0 Å². The Labute approximate surface area is 181 Å². The van der Waals surface area contributed by atoms with Crippen LogP contribution >= 0.6 is 0 Å². The van der Waals surface area contributed by atoms with E-state index < -0.39 is 0 Å². The number of ether oxygens (including phenoxy) is 2. The van der Waals surface area contributed by atoms with Crippen LogP contribution < -0.4 is 10.3 Å². The Hall–Kier alpha value is -2.96. The quantitative estimate of drug-likeness (QED) is 0.486. The van der Waals surface area contributed by atoms with E-state index in [0.29, 0.717) is 12.4 Å². The van der Waals surface area contributed by atoms with Crippen LogP contribution in [-0.4, -0.2) is 35.7 Å². The summed E-state index contributed by atoms with van der Waals surface area (Å²) in [5, 5.41) is 0. The predicted molar refractivity (Wildman–Crippen MR) is 118 cm³/mol. The summed E-state index contributed by atoms with van der Waals surface area (Å²) in [5.41, 5.74) is 2.53. The van der Waals surface area contributed by atoms with E-state index in [4.69, 9.17) is 9.47 Å². The van der Waals surface area contributed by atoms with Gasteiger partial charge < -0.3 is 14.4 Å². The zero-order valence-electron chi connectivity index (χ0n) is 17.5. The van der Waals surface area contributed by atoms with Crippen LogP contribution in [0.1, 0.15) is 24.0 Å². The van der Waals surface area contributed by atoms with Gasteiger partial charge in [-0.15, -0.1) is 0 Å². The molecule has 1 saturated heterocycles. The Bertz CT molecular complexity index is 1030. The summed E-state index contributed by atoms with van der Waals surface area (Å²) in [6.45, 7) is 4.94. The van der Waals surface area contributed by atoms with E-state index >= 15 is 0 Å². The summed E-state index contributed by atoms with van der Waals surface area (Å²) in [4.78, 5) is 15.0. The minimum Gasteiger partial charge on any atom is -0.489 e. The summed E-state index contributed by atoms with van der Waals surface area (Å²) in [6, 6.07) is 17.1. The molecule has 0 bridgehead atoms. The molecule has 0 saturated carbocycles. The highest BCUT2D eigenvalue weighted by Gasteiger charge is 2.10. The molecule has 0 N–H and O–H groups in total. The van der Waals surface area contributed by atoms with Gasteiger partial charge in [-0.05, 0) is 67.4 Å².